The van der Waals surface area contributed by atoms with Crippen LogP contribution in [0, 0.1) is 23.7 Å². The van der Waals surface area contributed by atoms with Gasteiger partial charge in [-0.25, -0.2) is 4.98 Å². The molecule has 1 aromatic carbocycles. The summed E-state index contributed by atoms with van der Waals surface area (Å²) in [6.07, 6.45) is 2.58. The molecule has 2 heterocycles. The summed E-state index contributed by atoms with van der Waals surface area (Å²) in [6, 6.07) is 11.1. The summed E-state index contributed by atoms with van der Waals surface area (Å²) in [6.45, 7) is 7.41. The molecule has 0 bridgehead atoms. The van der Waals surface area contributed by atoms with Gasteiger partial charge in [-0.15, -0.1) is 0 Å². The minimum Gasteiger partial charge on any atom is -0.381 e. The monoisotopic (exact) mass is 326 g/mol. The highest BCUT2D eigenvalue weighted by Gasteiger charge is 2.33. The first kappa shape index (κ1) is 16.9. The van der Waals surface area contributed by atoms with Gasteiger partial charge in [0.05, 0.1) is 22.5 Å². The van der Waals surface area contributed by atoms with Gasteiger partial charge in [-0.3, -0.25) is 0 Å². The van der Waals surface area contributed by atoms with Crippen molar-refractivity contribution in [3.63, 3.8) is 0 Å². The van der Waals surface area contributed by atoms with Crippen LogP contribution in [0.3, 0.4) is 0 Å². The first-order valence-electron chi connectivity index (χ1n) is 8.78. The zero-order valence-electron chi connectivity index (χ0n) is 14.6. The first-order chi connectivity index (χ1) is 11.6. The zero-order chi connectivity index (χ0) is 17.0. The summed E-state index contributed by atoms with van der Waals surface area (Å²) < 4.78 is 7.66. The Balaban J connectivity index is 1.56. The van der Waals surface area contributed by atoms with Crippen molar-refractivity contribution in [3.8, 4) is 6.07 Å². The van der Waals surface area contributed by atoms with Gasteiger partial charge in [0.1, 0.15) is 5.82 Å². The van der Waals surface area contributed by atoms with E-state index in [0.717, 1.165) is 43.7 Å². The van der Waals surface area contributed by atoms with E-state index in [0.29, 0.717) is 19.3 Å². The second-order valence-electron chi connectivity index (χ2n) is 6.86. The number of nitrogens with one attached hydrogen (secondary N) is 1. The number of nitrogens with zero attached hydrogens (tertiary/aromatic N) is 3. The number of aryl methyl sites for hydroxylation is 1. The normalized spacial score (nSPS) is 18.4. The lowest BCUT2D eigenvalue weighted by Gasteiger charge is -2.33. The van der Waals surface area contributed by atoms with Gasteiger partial charge in [-0.1, -0.05) is 12.1 Å². The van der Waals surface area contributed by atoms with Crippen molar-refractivity contribution in [1.82, 2.24) is 14.9 Å². The van der Waals surface area contributed by atoms with Crippen molar-refractivity contribution in [1.29, 1.82) is 5.26 Å². The molecule has 0 saturated carbocycles. The SMILES string of the molecule is Cc1nc2ccccc2n1CCNC(C)CC1(C#N)CCOCC1. The highest BCUT2D eigenvalue weighted by molar-refractivity contribution is 5.75. The molecule has 1 atom stereocenters. The minimum atomic E-state index is -0.220. The van der Waals surface area contributed by atoms with E-state index in [1.807, 2.05) is 6.07 Å². The van der Waals surface area contributed by atoms with E-state index in [2.05, 4.69) is 53.0 Å². The van der Waals surface area contributed by atoms with Crippen molar-refractivity contribution in [2.24, 2.45) is 5.41 Å². The molecule has 3 rings (SSSR count). The number of fused-ring (bicyclic) bond motifs is 1. The Labute approximate surface area is 143 Å². The Hall–Kier alpha value is -1.90. The third-order valence-electron chi connectivity index (χ3n) is 5.06. The molecule has 5 heteroatoms. The van der Waals surface area contributed by atoms with E-state index in [4.69, 9.17) is 4.74 Å². The lowest BCUT2D eigenvalue weighted by atomic mass is 9.77. The molecule has 1 fully saturated rings. The fourth-order valence-electron chi connectivity index (χ4n) is 3.68. The Morgan fingerprint density at radius 2 is 2.12 bits per heavy atom. The highest BCUT2D eigenvalue weighted by Crippen LogP contribution is 2.34. The number of nitriles is 1. The number of para-hydroxylation sites is 2. The third-order valence-corrected chi connectivity index (χ3v) is 5.06. The molecule has 1 aliphatic heterocycles. The van der Waals surface area contributed by atoms with Crippen LogP contribution in [0.4, 0.5) is 0 Å². The molecule has 128 valence electrons. The molecular weight excluding hydrogens is 300 g/mol. The molecule has 24 heavy (non-hydrogen) atoms. The van der Waals surface area contributed by atoms with Gasteiger partial charge in [0.25, 0.3) is 0 Å². The summed E-state index contributed by atoms with van der Waals surface area (Å²) in [5.41, 5.74) is 2.01. The first-order valence-corrected chi connectivity index (χ1v) is 8.78. The molecule has 1 saturated heterocycles. The highest BCUT2D eigenvalue weighted by atomic mass is 16.5. The van der Waals surface area contributed by atoms with Crippen LogP contribution in [0.15, 0.2) is 24.3 Å². The lowest BCUT2D eigenvalue weighted by molar-refractivity contribution is 0.0333. The fourth-order valence-corrected chi connectivity index (χ4v) is 3.68. The average molecular weight is 326 g/mol. The maximum atomic E-state index is 9.58. The Bertz CT molecular complexity index is 725. The molecule has 1 aliphatic rings. The van der Waals surface area contributed by atoms with Crippen LogP contribution in [0.1, 0.15) is 32.0 Å². The molecular formula is C19H26N4O. The molecule has 2 aromatic rings. The van der Waals surface area contributed by atoms with Crippen molar-refractivity contribution >= 4 is 11.0 Å². The van der Waals surface area contributed by atoms with Gasteiger partial charge in [0.2, 0.25) is 0 Å². The maximum absolute atomic E-state index is 9.58. The average Bonchev–Trinajstić information content (AvgIpc) is 2.91. The second kappa shape index (κ2) is 7.33. The summed E-state index contributed by atoms with van der Waals surface area (Å²) >= 11 is 0. The predicted octanol–water partition coefficient (Wildman–Crippen LogP) is 3.03. The molecule has 5 nitrogen and oxygen atoms in total. The van der Waals surface area contributed by atoms with Crippen LogP contribution < -0.4 is 5.32 Å². The summed E-state index contributed by atoms with van der Waals surface area (Å²) in [5.74, 6) is 1.04. The van der Waals surface area contributed by atoms with Crippen LogP contribution in [-0.2, 0) is 11.3 Å². The number of hydrogen-bond acceptors (Lipinski definition) is 4. The predicted molar refractivity (Wildman–Crippen MR) is 94.7 cm³/mol. The molecule has 0 radical (unpaired) electrons. The van der Waals surface area contributed by atoms with E-state index in [1.54, 1.807) is 0 Å². The number of aromatic nitrogens is 2. The summed E-state index contributed by atoms with van der Waals surface area (Å²) in [4.78, 5) is 4.61. The number of imidazole rings is 1. The molecule has 1 unspecified atom stereocenters. The summed E-state index contributed by atoms with van der Waals surface area (Å²) in [5, 5.41) is 13.2. The van der Waals surface area contributed by atoms with Crippen molar-refractivity contribution < 1.29 is 4.74 Å². The smallest absolute Gasteiger partial charge is 0.106 e. The molecule has 0 spiro atoms. The molecule has 1 N–H and O–H groups in total. The number of ether oxygens (including phenoxy) is 1. The van der Waals surface area contributed by atoms with Crippen LogP contribution in [0.25, 0.3) is 11.0 Å². The van der Waals surface area contributed by atoms with Crippen LogP contribution in [0.2, 0.25) is 0 Å². The van der Waals surface area contributed by atoms with E-state index < -0.39 is 0 Å². The van der Waals surface area contributed by atoms with Gasteiger partial charge in [0.15, 0.2) is 0 Å². The van der Waals surface area contributed by atoms with Crippen molar-refractivity contribution in [2.75, 3.05) is 19.8 Å². The Morgan fingerprint density at radius 3 is 2.88 bits per heavy atom. The summed E-state index contributed by atoms with van der Waals surface area (Å²) in [7, 11) is 0. The van der Waals surface area contributed by atoms with Crippen LogP contribution in [-0.4, -0.2) is 35.4 Å². The van der Waals surface area contributed by atoms with Gasteiger partial charge < -0.3 is 14.6 Å². The minimum absolute atomic E-state index is 0.220. The van der Waals surface area contributed by atoms with Gasteiger partial charge in [0, 0.05) is 32.3 Å². The van der Waals surface area contributed by atoms with Gasteiger partial charge in [-0.2, -0.15) is 5.26 Å². The van der Waals surface area contributed by atoms with Gasteiger partial charge >= 0.3 is 0 Å². The molecule has 1 aromatic heterocycles. The van der Waals surface area contributed by atoms with Crippen molar-refractivity contribution in [3.05, 3.63) is 30.1 Å². The van der Waals surface area contributed by atoms with Gasteiger partial charge in [-0.05, 0) is 45.2 Å². The van der Waals surface area contributed by atoms with Crippen LogP contribution in [0.5, 0.6) is 0 Å². The fraction of sp³-hybridized carbons (Fsp3) is 0.579. The number of rotatable bonds is 6. The van der Waals surface area contributed by atoms with Crippen LogP contribution >= 0.6 is 0 Å². The number of benzene rings is 1. The topological polar surface area (TPSA) is 62.9 Å². The second-order valence-corrected chi connectivity index (χ2v) is 6.86. The van der Waals surface area contributed by atoms with E-state index in [-0.39, 0.29) is 5.41 Å². The quantitative estimate of drug-likeness (QED) is 0.886. The van der Waals surface area contributed by atoms with E-state index >= 15 is 0 Å². The van der Waals surface area contributed by atoms with E-state index in [1.165, 1.54) is 5.52 Å². The third kappa shape index (κ3) is 3.61. The Morgan fingerprint density at radius 1 is 1.38 bits per heavy atom. The largest absolute Gasteiger partial charge is 0.381 e. The zero-order valence-corrected chi connectivity index (χ0v) is 14.6. The number of hydrogen-bond donors (Lipinski definition) is 1. The molecule has 0 aliphatic carbocycles. The Kier molecular flexibility index (Phi) is 5.17. The lowest BCUT2D eigenvalue weighted by Crippen LogP contribution is -2.38. The molecule has 0 amide bonds. The van der Waals surface area contributed by atoms with E-state index in [9.17, 15) is 5.26 Å². The maximum Gasteiger partial charge on any atom is 0.106 e. The standard InChI is InChI=1S/C19H26N4O/c1-15(13-19(14-20)7-11-24-12-8-19)21-9-10-23-16(2)22-17-5-3-4-6-18(17)23/h3-6,15,21H,7-13H2,1-2H3. The van der Waals surface area contributed by atoms with Crippen molar-refractivity contribution in [2.45, 2.75) is 45.7 Å².